The first kappa shape index (κ1) is 63.1. The van der Waals surface area contributed by atoms with E-state index in [0.29, 0.717) is 17.7 Å². The van der Waals surface area contributed by atoms with Crippen molar-refractivity contribution in [3.05, 3.63) is 114 Å². The Bertz CT molecular complexity index is 2790. The SMILES string of the molecule is CC(=O)CCCC(=O)NCC(=O)NCCNC(=O)[C@H](CCN(C(=O)CO)[C@@H](c1cc(-c2cc(F)ccc2F)cn1Cc1ccccc1)C(C)(C)C)NC(=O)[C@H](CC(N)=O)NC(=O)[C@@H](C)NC(=O)[C@H](C)NC(=O)Cc1ccncc1. The maximum Gasteiger partial charge on any atom is 0.248 e. The number of nitrogens with zero attached hydrogens (tertiary/aromatic N) is 3. The number of amides is 9. The summed E-state index contributed by atoms with van der Waals surface area (Å²) < 4.78 is 31.8. The number of benzene rings is 2. The molecule has 22 nitrogen and oxygen atoms in total. The summed E-state index contributed by atoms with van der Waals surface area (Å²) in [6, 6.07) is 10.3. The van der Waals surface area contributed by atoms with Crippen LogP contribution in [0.1, 0.15) is 96.5 Å². The number of rotatable bonds is 30. The third kappa shape index (κ3) is 20.8. The van der Waals surface area contributed by atoms with E-state index in [1.165, 1.54) is 38.1 Å². The molecule has 0 unspecified atom stereocenters. The first-order valence-corrected chi connectivity index (χ1v) is 25.6. The van der Waals surface area contributed by atoms with E-state index < -0.39 is 126 Å². The number of ketones is 1. The maximum absolute atomic E-state index is 15.4. The largest absolute Gasteiger partial charge is 0.387 e. The molecule has 79 heavy (non-hydrogen) atoms. The fourth-order valence-corrected chi connectivity index (χ4v) is 8.40. The molecule has 2 aromatic heterocycles. The normalized spacial score (nSPS) is 13.0. The number of pyridine rings is 1. The molecule has 0 bridgehead atoms. The Hall–Kier alpha value is -8.41. The zero-order valence-corrected chi connectivity index (χ0v) is 45.2. The number of hydrogen-bond acceptors (Lipinski definition) is 12. The number of nitrogens with one attached hydrogen (secondary N) is 7. The molecular weight excluding hydrogens is 1030 g/mol. The van der Waals surface area contributed by atoms with Gasteiger partial charge in [0.05, 0.1) is 25.4 Å². The highest BCUT2D eigenvalue weighted by Gasteiger charge is 2.39. The third-order valence-corrected chi connectivity index (χ3v) is 12.3. The molecule has 10 N–H and O–H groups in total. The van der Waals surface area contributed by atoms with Crippen molar-refractivity contribution in [1.82, 2.24) is 51.7 Å². The number of primary amides is 1. The van der Waals surface area contributed by atoms with Crippen LogP contribution in [0.25, 0.3) is 11.1 Å². The summed E-state index contributed by atoms with van der Waals surface area (Å²) in [5, 5.41) is 27.9. The van der Waals surface area contributed by atoms with Crippen molar-refractivity contribution in [2.75, 3.05) is 32.8 Å². The molecule has 9 amide bonds. The number of Topliss-reactive ketones (excluding diaryl/α,β-unsaturated/α-hetero) is 1. The lowest BCUT2D eigenvalue weighted by atomic mass is 9.82. The van der Waals surface area contributed by atoms with Gasteiger partial charge in [0.15, 0.2) is 0 Å². The van der Waals surface area contributed by atoms with Gasteiger partial charge in [-0.05, 0) is 86.6 Å². The van der Waals surface area contributed by atoms with E-state index in [4.69, 9.17) is 5.73 Å². The molecule has 0 saturated carbocycles. The summed E-state index contributed by atoms with van der Waals surface area (Å²) in [4.78, 5) is 135. The molecule has 4 aromatic rings. The number of carbonyl (C=O) groups excluding carboxylic acids is 10. The summed E-state index contributed by atoms with van der Waals surface area (Å²) in [5.74, 6) is -8.60. The van der Waals surface area contributed by atoms with Crippen LogP contribution in [0.4, 0.5) is 8.78 Å². The average Bonchev–Trinajstić information content (AvgIpc) is 3.88. The Morgan fingerprint density at radius 2 is 1.37 bits per heavy atom. The lowest BCUT2D eigenvalue weighted by molar-refractivity contribution is -0.140. The standard InChI is InChI=1S/C55H71F2N11O11/c1-33(70)11-10-14-46(72)62-29-48(74)60-22-23-61-53(78)42(65-54(79)43(28-45(58)71)66-52(77)35(3)64-51(76)34(2)63-47(73)25-36-17-20-59-21-18-36)19-24-68(49(75)32-69)50(55(4,5)6)44-26-38(40-27-39(56)15-16-41(40)57)31-67(44)30-37-12-8-7-9-13-37/h7-9,12-13,15-18,20-21,26-27,31,34-35,42-43,50,69H,10-11,14,19,22-25,28-30,32H2,1-6H3,(H2,58,71)(H,60,74)(H,61,78)(H,62,72)(H,63,73)(H,64,76)(H,65,79)(H,66,77)/t34-,35+,42-,43-,50-/m0/s1. The number of aliphatic hydroxyl groups excluding tert-OH is 1. The van der Waals surface area contributed by atoms with Gasteiger partial charge in [-0.1, -0.05) is 51.1 Å². The Kier molecular flexibility index (Phi) is 24.4. The molecular formula is C55H71F2N11O11. The van der Waals surface area contributed by atoms with Gasteiger partial charge in [0, 0.05) is 74.4 Å². The van der Waals surface area contributed by atoms with Crippen molar-refractivity contribution in [2.45, 2.75) is 117 Å². The van der Waals surface area contributed by atoms with Gasteiger partial charge >= 0.3 is 0 Å². The lowest BCUT2D eigenvalue weighted by Crippen LogP contribution is -2.58. The molecule has 0 saturated heterocycles. The van der Waals surface area contributed by atoms with E-state index in [-0.39, 0.29) is 62.4 Å². The van der Waals surface area contributed by atoms with Gasteiger partial charge < -0.3 is 62.3 Å². The van der Waals surface area contributed by atoms with Gasteiger partial charge in [-0.3, -0.25) is 48.1 Å². The average molecular weight is 1100 g/mol. The highest BCUT2D eigenvalue weighted by Crippen LogP contribution is 2.41. The second-order valence-corrected chi connectivity index (χ2v) is 20.0. The second-order valence-electron chi connectivity index (χ2n) is 20.0. The number of aliphatic hydroxyl groups is 1. The molecule has 4 rings (SSSR count). The van der Waals surface area contributed by atoms with E-state index in [0.717, 1.165) is 23.8 Å². The van der Waals surface area contributed by atoms with Crippen LogP contribution in [0, 0.1) is 17.0 Å². The van der Waals surface area contributed by atoms with Gasteiger partial charge in [0.25, 0.3) is 0 Å². The number of halogens is 2. The minimum absolute atomic E-state index is 0.0263. The van der Waals surface area contributed by atoms with Crippen LogP contribution in [-0.4, -0.2) is 135 Å². The Balaban J connectivity index is 1.62. The van der Waals surface area contributed by atoms with Crippen LogP contribution in [-0.2, 0) is 60.9 Å². The van der Waals surface area contributed by atoms with Gasteiger partial charge in [-0.2, -0.15) is 0 Å². The predicted octanol–water partition coefficient (Wildman–Crippen LogP) is 1.38. The van der Waals surface area contributed by atoms with Crippen LogP contribution >= 0.6 is 0 Å². The predicted molar refractivity (Wildman–Crippen MR) is 285 cm³/mol. The molecule has 426 valence electrons. The van der Waals surface area contributed by atoms with Crippen LogP contribution in [0.5, 0.6) is 0 Å². The zero-order valence-electron chi connectivity index (χ0n) is 45.2. The van der Waals surface area contributed by atoms with Gasteiger partial charge in [0.2, 0.25) is 53.2 Å². The van der Waals surface area contributed by atoms with Gasteiger partial charge in [0.1, 0.15) is 48.2 Å². The first-order chi connectivity index (χ1) is 37.4. The molecule has 5 atom stereocenters. The van der Waals surface area contributed by atoms with Crippen molar-refractivity contribution in [3.63, 3.8) is 0 Å². The van der Waals surface area contributed by atoms with E-state index >= 15 is 4.39 Å². The van der Waals surface area contributed by atoms with Crippen molar-refractivity contribution >= 4 is 58.9 Å². The van der Waals surface area contributed by atoms with Gasteiger partial charge in [-0.15, -0.1) is 0 Å². The van der Waals surface area contributed by atoms with Crippen LogP contribution < -0.4 is 43.0 Å². The van der Waals surface area contributed by atoms with Gasteiger partial charge in [-0.25, -0.2) is 8.78 Å². The number of aromatic nitrogens is 2. The topological polar surface area (TPSA) is 322 Å². The molecule has 0 radical (unpaired) electrons. The monoisotopic (exact) mass is 1100 g/mol. The van der Waals surface area contributed by atoms with Crippen molar-refractivity contribution in [1.29, 1.82) is 0 Å². The molecule has 2 heterocycles. The van der Waals surface area contributed by atoms with Crippen molar-refractivity contribution in [2.24, 2.45) is 11.1 Å². The molecule has 0 spiro atoms. The van der Waals surface area contributed by atoms with Crippen molar-refractivity contribution in [3.8, 4) is 11.1 Å². The fourth-order valence-electron chi connectivity index (χ4n) is 8.40. The molecule has 24 heteroatoms. The maximum atomic E-state index is 15.4. The molecule has 0 aliphatic carbocycles. The quantitative estimate of drug-likeness (QED) is 0.0335. The molecule has 0 aliphatic rings. The minimum Gasteiger partial charge on any atom is -0.387 e. The van der Waals surface area contributed by atoms with Crippen LogP contribution in [0.15, 0.2) is 85.3 Å². The highest BCUT2D eigenvalue weighted by atomic mass is 19.1. The lowest BCUT2D eigenvalue weighted by Gasteiger charge is -2.41. The van der Waals surface area contributed by atoms with Crippen molar-refractivity contribution < 1.29 is 61.8 Å². The third-order valence-electron chi connectivity index (χ3n) is 12.3. The second kappa shape index (κ2) is 30.5. The number of carbonyl (C=O) groups is 10. The van der Waals surface area contributed by atoms with Crippen LogP contribution in [0.3, 0.4) is 0 Å². The summed E-state index contributed by atoms with van der Waals surface area (Å²) in [5.41, 5.74) is 6.71. The smallest absolute Gasteiger partial charge is 0.248 e. The van der Waals surface area contributed by atoms with E-state index in [1.54, 1.807) is 49.7 Å². The minimum atomic E-state index is -1.74. The molecule has 2 aromatic carbocycles. The number of nitrogens with two attached hydrogens (primary N) is 1. The molecule has 0 fully saturated rings. The van der Waals surface area contributed by atoms with E-state index in [2.05, 4.69) is 42.2 Å². The summed E-state index contributed by atoms with van der Waals surface area (Å²) in [7, 11) is 0. The first-order valence-electron chi connectivity index (χ1n) is 25.6. The fraction of sp³-hybridized carbons (Fsp3) is 0.436. The zero-order chi connectivity index (χ0) is 58.4. The Morgan fingerprint density at radius 1 is 0.722 bits per heavy atom. The number of hydrogen-bond donors (Lipinski definition) is 9. The van der Waals surface area contributed by atoms with E-state index in [1.807, 2.05) is 30.3 Å². The summed E-state index contributed by atoms with van der Waals surface area (Å²) in [6.45, 7) is 7.49. The summed E-state index contributed by atoms with van der Waals surface area (Å²) >= 11 is 0. The highest BCUT2D eigenvalue weighted by molar-refractivity contribution is 5.97. The Labute approximate surface area is 456 Å². The van der Waals surface area contributed by atoms with Crippen LogP contribution in [0.2, 0.25) is 0 Å². The molecule has 0 aliphatic heterocycles. The van der Waals surface area contributed by atoms with E-state index in [9.17, 15) is 57.4 Å². The summed E-state index contributed by atoms with van der Waals surface area (Å²) in [6.07, 6.45) is 3.92. The Morgan fingerprint density at radius 3 is 2.01 bits per heavy atom.